The van der Waals surface area contributed by atoms with Crippen molar-refractivity contribution in [1.29, 1.82) is 0 Å². The molecule has 28 heavy (non-hydrogen) atoms. The number of carbonyl (C=O) groups excluding carboxylic acids is 1. The number of hydrogen-bond donors (Lipinski definition) is 2. The molecule has 6 heteroatoms. The Morgan fingerprint density at radius 2 is 1.79 bits per heavy atom. The summed E-state index contributed by atoms with van der Waals surface area (Å²) in [5.74, 6) is -1.97. The van der Waals surface area contributed by atoms with Crippen LogP contribution in [0, 0.1) is 11.6 Å². The molecule has 0 saturated heterocycles. The number of aliphatic hydroxyl groups is 2. The molecule has 0 aromatic heterocycles. The highest BCUT2D eigenvalue weighted by Gasteiger charge is 2.37. The highest BCUT2D eigenvalue weighted by molar-refractivity contribution is 5.80. The molecule has 1 heterocycles. The summed E-state index contributed by atoms with van der Waals surface area (Å²) in [5.41, 5.74) is 1.19. The highest BCUT2D eigenvalue weighted by atomic mass is 19.1. The Morgan fingerprint density at radius 1 is 1.18 bits per heavy atom. The van der Waals surface area contributed by atoms with Crippen molar-refractivity contribution < 1.29 is 23.8 Å². The molecule has 0 radical (unpaired) electrons. The molecule has 1 aliphatic heterocycles. The van der Waals surface area contributed by atoms with Crippen molar-refractivity contribution in [3.05, 3.63) is 70.3 Å². The van der Waals surface area contributed by atoms with Crippen LogP contribution in [0.15, 0.2) is 36.4 Å². The fraction of sp³-hybridized carbons (Fsp3) is 0.409. The van der Waals surface area contributed by atoms with Gasteiger partial charge in [0.05, 0.1) is 30.7 Å². The van der Waals surface area contributed by atoms with E-state index in [1.54, 1.807) is 13.8 Å². The molecule has 0 fully saturated rings. The van der Waals surface area contributed by atoms with E-state index < -0.39 is 41.6 Å². The maximum Gasteiger partial charge on any atom is 0.228 e. The number of aliphatic hydroxyl groups excluding tert-OH is 1. The van der Waals surface area contributed by atoms with E-state index >= 15 is 0 Å². The number of hydrogen-bond acceptors (Lipinski definition) is 3. The third kappa shape index (κ3) is 3.66. The summed E-state index contributed by atoms with van der Waals surface area (Å²) in [5, 5.41) is 20.4. The van der Waals surface area contributed by atoms with Crippen LogP contribution in [0.2, 0.25) is 0 Å². The van der Waals surface area contributed by atoms with Gasteiger partial charge < -0.3 is 15.1 Å². The summed E-state index contributed by atoms with van der Waals surface area (Å²) in [4.78, 5) is 14.5. The van der Waals surface area contributed by atoms with Gasteiger partial charge in [-0.2, -0.15) is 0 Å². The first-order chi connectivity index (χ1) is 13.1. The van der Waals surface area contributed by atoms with Crippen molar-refractivity contribution in [2.24, 2.45) is 0 Å². The molecule has 2 aromatic rings. The second-order valence-corrected chi connectivity index (χ2v) is 7.83. The minimum Gasteiger partial charge on any atom is -0.394 e. The van der Waals surface area contributed by atoms with Crippen molar-refractivity contribution in [1.82, 2.24) is 4.90 Å². The first-order valence-electron chi connectivity index (χ1n) is 9.34. The number of nitrogens with zero attached hydrogens (tertiary/aromatic N) is 1. The Hall–Kier alpha value is -2.31. The third-order valence-corrected chi connectivity index (χ3v) is 5.46. The Morgan fingerprint density at radius 3 is 2.36 bits per heavy atom. The molecule has 1 aliphatic rings. The second kappa shape index (κ2) is 7.60. The summed E-state index contributed by atoms with van der Waals surface area (Å²) >= 11 is 0. The van der Waals surface area contributed by atoms with Crippen molar-refractivity contribution in [3.63, 3.8) is 0 Å². The van der Waals surface area contributed by atoms with Crippen molar-refractivity contribution >= 4 is 5.91 Å². The van der Waals surface area contributed by atoms with E-state index in [9.17, 15) is 23.8 Å². The molecule has 0 unspecified atom stereocenters. The Bertz CT molecular complexity index is 872. The predicted octanol–water partition coefficient (Wildman–Crippen LogP) is 3.24. The van der Waals surface area contributed by atoms with E-state index in [0.717, 1.165) is 28.8 Å². The minimum absolute atomic E-state index is 0.271. The van der Waals surface area contributed by atoms with Crippen LogP contribution in [0.3, 0.4) is 0 Å². The molecule has 2 atom stereocenters. The smallest absolute Gasteiger partial charge is 0.228 e. The van der Waals surface area contributed by atoms with E-state index in [1.807, 2.05) is 25.1 Å². The van der Waals surface area contributed by atoms with Gasteiger partial charge in [0, 0.05) is 5.56 Å². The Kier molecular flexibility index (Phi) is 5.55. The van der Waals surface area contributed by atoms with Gasteiger partial charge in [-0.05, 0) is 56.0 Å². The van der Waals surface area contributed by atoms with Gasteiger partial charge in [0.15, 0.2) is 0 Å². The average Bonchev–Trinajstić information content (AvgIpc) is 2.63. The van der Waals surface area contributed by atoms with Gasteiger partial charge in [-0.25, -0.2) is 8.78 Å². The van der Waals surface area contributed by atoms with E-state index in [-0.39, 0.29) is 12.2 Å². The van der Waals surface area contributed by atoms with Crippen molar-refractivity contribution in [2.45, 2.75) is 51.3 Å². The van der Waals surface area contributed by atoms with Crippen LogP contribution < -0.4 is 0 Å². The van der Waals surface area contributed by atoms with Gasteiger partial charge in [0.25, 0.3) is 0 Å². The third-order valence-electron chi connectivity index (χ3n) is 5.46. The summed E-state index contributed by atoms with van der Waals surface area (Å²) in [6.07, 6.45) is -0.0539. The lowest BCUT2D eigenvalue weighted by molar-refractivity contribution is -0.137. The van der Waals surface area contributed by atoms with Crippen molar-refractivity contribution in [3.8, 4) is 0 Å². The fourth-order valence-corrected chi connectivity index (χ4v) is 4.11. The van der Waals surface area contributed by atoms with Crippen LogP contribution in [0.25, 0.3) is 0 Å². The summed E-state index contributed by atoms with van der Waals surface area (Å²) in [7, 11) is 0. The van der Waals surface area contributed by atoms with E-state index in [1.165, 1.54) is 11.0 Å². The van der Waals surface area contributed by atoms with E-state index in [2.05, 4.69) is 0 Å². The lowest BCUT2D eigenvalue weighted by Gasteiger charge is -2.43. The van der Waals surface area contributed by atoms with E-state index in [0.29, 0.717) is 6.42 Å². The topological polar surface area (TPSA) is 60.8 Å². The number of rotatable bonds is 4. The number of fused-ring (bicyclic) bond motifs is 1. The van der Waals surface area contributed by atoms with Gasteiger partial charge in [-0.1, -0.05) is 24.3 Å². The molecule has 0 aliphatic carbocycles. The molecule has 0 spiro atoms. The summed E-state index contributed by atoms with van der Waals surface area (Å²) in [6, 6.07) is 8.12. The quantitative estimate of drug-likeness (QED) is 0.844. The maximum atomic E-state index is 14.0. The second-order valence-electron chi connectivity index (χ2n) is 7.83. The SMILES string of the molecule is C[C@H]1c2cccc(C(C)(C)O)c2C[C@H](CO)N1C(=O)Cc1c(F)cccc1F. The zero-order valence-corrected chi connectivity index (χ0v) is 16.2. The molecule has 1 amide bonds. The minimum atomic E-state index is -1.06. The van der Waals surface area contributed by atoms with Crippen LogP contribution >= 0.6 is 0 Å². The van der Waals surface area contributed by atoms with Crippen LogP contribution in [0.4, 0.5) is 8.78 Å². The standard InChI is InChI=1S/C22H25F2NO3/c1-13-15-6-4-7-18(22(2,3)28)16(15)10-14(12-26)25(13)21(27)11-17-19(23)8-5-9-20(17)24/h4-9,13-14,26,28H,10-12H2,1-3H3/t13-,14+/m0/s1. The molecular weight excluding hydrogens is 364 g/mol. The molecule has 2 N–H and O–H groups in total. The Balaban J connectivity index is 1.98. The number of halogens is 2. The monoisotopic (exact) mass is 389 g/mol. The largest absolute Gasteiger partial charge is 0.394 e. The molecule has 0 saturated carbocycles. The average molecular weight is 389 g/mol. The zero-order chi connectivity index (χ0) is 20.6. The molecule has 3 rings (SSSR count). The van der Waals surface area contributed by atoms with Gasteiger partial charge in [0.2, 0.25) is 5.91 Å². The number of benzene rings is 2. The molecule has 4 nitrogen and oxygen atoms in total. The lowest BCUT2D eigenvalue weighted by Crippen LogP contribution is -2.49. The van der Waals surface area contributed by atoms with Crippen LogP contribution in [0.5, 0.6) is 0 Å². The lowest BCUT2D eigenvalue weighted by atomic mass is 9.81. The highest BCUT2D eigenvalue weighted by Crippen LogP contribution is 2.38. The summed E-state index contributed by atoms with van der Waals surface area (Å²) < 4.78 is 28.0. The van der Waals surface area contributed by atoms with E-state index in [4.69, 9.17) is 0 Å². The molecule has 0 bridgehead atoms. The van der Waals surface area contributed by atoms with Gasteiger partial charge in [-0.15, -0.1) is 0 Å². The molecule has 2 aromatic carbocycles. The molecular formula is C22H25F2NO3. The summed E-state index contributed by atoms with van der Waals surface area (Å²) in [6.45, 7) is 4.93. The van der Waals surface area contributed by atoms with Gasteiger partial charge in [0.1, 0.15) is 11.6 Å². The predicted molar refractivity (Wildman–Crippen MR) is 102 cm³/mol. The van der Waals surface area contributed by atoms with Gasteiger partial charge >= 0.3 is 0 Å². The zero-order valence-electron chi connectivity index (χ0n) is 16.2. The fourth-order valence-electron chi connectivity index (χ4n) is 4.11. The Labute approximate surface area is 163 Å². The van der Waals surface area contributed by atoms with Crippen LogP contribution in [-0.4, -0.2) is 33.7 Å². The number of carbonyl (C=O) groups is 1. The van der Waals surface area contributed by atoms with Crippen LogP contribution in [0.1, 0.15) is 49.1 Å². The molecule has 150 valence electrons. The normalized spacial score (nSPS) is 19.5. The number of amides is 1. The first kappa shape index (κ1) is 20.4. The first-order valence-corrected chi connectivity index (χ1v) is 9.34. The van der Waals surface area contributed by atoms with Crippen molar-refractivity contribution in [2.75, 3.05) is 6.61 Å². The van der Waals surface area contributed by atoms with Gasteiger partial charge in [-0.3, -0.25) is 4.79 Å². The van der Waals surface area contributed by atoms with Crippen LogP contribution in [-0.2, 0) is 23.2 Å². The maximum absolute atomic E-state index is 14.0.